The number of esters is 2. The Hall–Kier alpha value is -4.21. The monoisotopic (exact) mass is 618 g/mol. The van der Waals surface area contributed by atoms with E-state index in [0.717, 1.165) is 18.1 Å². The summed E-state index contributed by atoms with van der Waals surface area (Å²) in [6.07, 6.45) is -3.44. The number of methoxy groups -OCH3 is 1. The number of nitrogens with zero attached hydrogens (tertiary/aromatic N) is 1. The molecule has 15 nitrogen and oxygen atoms in total. The Bertz CT molecular complexity index is 1440. The van der Waals surface area contributed by atoms with Crippen LogP contribution in [0, 0.1) is 0 Å². The molecule has 1 amide bonds. The molecule has 0 aromatic heterocycles. The minimum absolute atomic E-state index is 0.125. The lowest BCUT2D eigenvalue weighted by Crippen LogP contribution is -2.74. The Balaban J connectivity index is 1.27. The van der Waals surface area contributed by atoms with Crippen LogP contribution in [0.4, 0.5) is 0 Å². The third-order valence-electron chi connectivity index (χ3n) is 9.08. The van der Waals surface area contributed by atoms with Crippen molar-refractivity contribution in [2.24, 2.45) is 0 Å². The van der Waals surface area contributed by atoms with Gasteiger partial charge in [0, 0.05) is 18.0 Å². The van der Waals surface area contributed by atoms with Crippen molar-refractivity contribution in [2.45, 2.75) is 80.4 Å². The summed E-state index contributed by atoms with van der Waals surface area (Å²) in [6.45, 7) is 1.74. The van der Waals surface area contributed by atoms with Crippen LogP contribution in [0.25, 0.3) is 0 Å². The van der Waals surface area contributed by atoms with Gasteiger partial charge < -0.3 is 49.6 Å². The molecule has 5 N–H and O–H groups in total. The van der Waals surface area contributed by atoms with Crippen molar-refractivity contribution in [1.82, 2.24) is 10.2 Å². The Morgan fingerprint density at radius 1 is 1.18 bits per heavy atom. The first-order chi connectivity index (χ1) is 20.7. The van der Waals surface area contributed by atoms with Gasteiger partial charge in [-0.3, -0.25) is 14.4 Å². The van der Waals surface area contributed by atoms with Gasteiger partial charge in [0.25, 0.3) is 5.91 Å². The van der Waals surface area contributed by atoms with Crippen LogP contribution in [0.15, 0.2) is 24.0 Å². The van der Waals surface area contributed by atoms with Gasteiger partial charge in [0.2, 0.25) is 0 Å². The number of aliphatic hydroxyl groups is 2. The number of piperidine rings is 1. The molecule has 0 saturated carbocycles. The van der Waals surface area contributed by atoms with Crippen molar-refractivity contribution in [3.8, 4) is 11.5 Å². The SMILES string of the molecule is COc1ccc2c3c1O[C@H]1C(OC(=O)C[C@H](O)C(=O)O[C@@H](C)C(=O)N[C@@H](CC(=O)O)C(=O)O)=CC[C@@]4(O)[C@H](C2)N(C)CC[C@]314. The van der Waals surface area contributed by atoms with Gasteiger partial charge >= 0.3 is 23.9 Å². The maximum atomic E-state index is 12.9. The Morgan fingerprint density at radius 2 is 1.91 bits per heavy atom. The normalized spacial score (nSPS) is 28.2. The van der Waals surface area contributed by atoms with Crippen LogP contribution < -0.4 is 14.8 Å². The number of ether oxygens (including phenoxy) is 4. The molecule has 0 unspecified atom stereocenters. The largest absolute Gasteiger partial charge is 0.493 e. The Labute approximate surface area is 251 Å². The van der Waals surface area contributed by atoms with E-state index >= 15 is 0 Å². The number of carbonyl (C=O) groups excluding carboxylic acids is 3. The third-order valence-corrected chi connectivity index (χ3v) is 9.08. The summed E-state index contributed by atoms with van der Waals surface area (Å²) in [4.78, 5) is 61.7. The molecule has 1 spiro atoms. The van der Waals surface area contributed by atoms with Crippen molar-refractivity contribution in [3.05, 3.63) is 35.1 Å². The first-order valence-corrected chi connectivity index (χ1v) is 14.1. The van der Waals surface area contributed by atoms with E-state index in [2.05, 4.69) is 4.90 Å². The highest BCUT2D eigenvalue weighted by Gasteiger charge is 2.72. The van der Waals surface area contributed by atoms with E-state index in [1.807, 2.05) is 18.4 Å². The van der Waals surface area contributed by atoms with Gasteiger partial charge in [0.1, 0.15) is 11.8 Å². The van der Waals surface area contributed by atoms with Crippen molar-refractivity contribution in [2.75, 3.05) is 20.7 Å². The summed E-state index contributed by atoms with van der Waals surface area (Å²) in [6, 6.07) is 1.77. The number of aliphatic hydroxyl groups excluding tert-OH is 1. The van der Waals surface area contributed by atoms with Crippen LogP contribution in [0.1, 0.15) is 43.7 Å². The molecule has 1 aromatic carbocycles. The zero-order valence-electron chi connectivity index (χ0n) is 24.3. The lowest BCUT2D eigenvalue weighted by molar-refractivity contribution is -0.172. The van der Waals surface area contributed by atoms with E-state index in [-0.39, 0.29) is 18.2 Å². The molecular formula is C29H34N2O13. The average molecular weight is 619 g/mol. The van der Waals surface area contributed by atoms with Crippen LogP contribution in [-0.2, 0) is 45.3 Å². The minimum atomic E-state index is -2.04. The van der Waals surface area contributed by atoms with Gasteiger partial charge in [-0.1, -0.05) is 6.07 Å². The molecule has 2 bridgehead atoms. The second-order valence-corrected chi connectivity index (χ2v) is 11.6. The smallest absolute Gasteiger partial charge is 0.336 e. The number of likely N-dealkylation sites (N-methyl/N-ethyl adjacent to an activating group) is 1. The Kier molecular flexibility index (Phi) is 8.07. The molecule has 4 aliphatic rings. The maximum absolute atomic E-state index is 12.9. The summed E-state index contributed by atoms with van der Waals surface area (Å²) >= 11 is 0. The van der Waals surface area contributed by atoms with E-state index < -0.39 is 78.0 Å². The minimum Gasteiger partial charge on any atom is -0.493 e. The number of hydrogen-bond acceptors (Lipinski definition) is 12. The van der Waals surface area contributed by atoms with Crippen LogP contribution in [0.5, 0.6) is 11.5 Å². The van der Waals surface area contributed by atoms with Gasteiger partial charge in [0.15, 0.2) is 29.8 Å². The number of amides is 1. The van der Waals surface area contributed by atoms with Crippen LogP contribution >= 0.6 is 0 Å². The molecule has 15 heteroatoms. The number of carboxylic acid groups (broad SMARTS) is 2. The predicted molar refractivity (Wildman–Crippen MR) is 146 cm³/mol. The number of carboxylic acids is 2. The molecular weight excluding hydrogens is 584 g/mol. The van der Waals surface area contributed by atoms with Crippen molar-refractivity contribution in [3.63, 3.8) is 0 Å². The zero-order chi connectivity index (χ0) is 32.1. The molecule has 5 rings (SSSR count). The van der Waals surface area contributed by atoms with E-state index in [4.69, 9.17) is 29.2 Å². The average Bonchev–Trinajstić information content (AvgIpc) is 3.31. The van der Waals surface area contributed by atoms with E-state index in [1.165, 1.54) is 7.11 Å². The predicted octanol–water partition coefficient (Wildman–Crippen LogP) is -0.757. The number of carbonyl (C=O) groups is 5. The topological polar surface area (TPSA) is 218 Å². The Morgan fingerprint density at radius 3 is 2.57 bits per heavy atom. The summed E-state index contributed by atoms with van der Waals surface area (Å²) in [7, 11) is 3.47. The third kappa shape index (κ3) is 4.94. The number of rotatable bonds is 11. The van der Waals surface area contributed by atoms with Crippen LogP contribution in [0.3, 0.4) is 0 Å². The first-order valence-electron chi connectivity index (χ1n) is 14.1. The van der Waals surface area contributed by atoms with Crippen LogP contribution in [0.2, 0.25) is 0 Å². The summed E-state index contributed by atoms with van der Waals surface area (Å²) in [5.74, 6) is -5.47. The van der Waals surface area contributed by atoms with Crippen LogP contribution in [-0.4, -0.2) is 112 Å². The summed E-state index contributed by atoms with van der Waals surface area (Å²) in [5, 5.41) is 42.4. The molecule has 2 heterocycles. The van der Waals surface area contributed by atoms with E-state index in [0.29, 0.717) is 30.9 Å². The lowest BCUT2D eigenvalue weighted by Gasteiger charge is -2.61. The highest BCUT2D eigenvalue weighted by molar-refractivity contribution is 5.90. The quantitative estimate of drug-likeness (QED) is 0.193. The number of nitrogens with one attached hydrogen (secondary N) is 1. The molecule has 238 valence electrons. The molecule has 2 aliphatic carbocycles. The molecule has 1 fully saturated rings. The highest BCUT2D eigenvalue weighted by Crippen LogP contribution is 2.65. The molecule has 1 aromatic rings. The fourth-order valence-corrected chi connectivity index (χ4v) is 6.97. The van der Waals surface area contributed by atoms with E-state index in [1.54, 1.807) is 12.1 Å². The van der Waals surface area contributed by atoms with Gasteiger partial charge in [-0.05, 0) is 51.1 Å². The molecule has 2 aliphatic heterocycles. The van der Waals surface area contributed by atoms with Crippen molar-refractivity contribution < 1.29 is 63.3 Å². The first kappa shape index (κ1) is 31.2. The fraction of sp³-hybridized carbons (Fsp3) is 0.552. The second kappa shape index (κ2) is 11.4. The van der Waals surface area contributed by atoms with Crippen molar-refractivity contribution in [1.29, 1.82) is 0 Å². The van der Waals surface area contributed by atoms with Gasteiger partial charge in [0.05, 0.1) is 31.0 Å². The fourth-order valence-electron chi connectivity index (χ4n) is 6.97. The second-order valence-electron chi connectivity index (χ2n) is 11.6. The highest BCUT2D eigenvalue weighted by atomic mass is 16.6. The molecule has 1 saturated heterocycles. The maximum Gasteiger partial charge on any atom is 0.336 e. The van der Waals surface area contributed by atoms with Gasteiger partial charge in [-0.15, -0.1) is 0 Å². The van der Waals surface area contributed by atoms with Crippen molar-refractivity contribution >= 4 is 29.8 Å². The summed E-state index contributed by atoms with van der Waals surface area (Å²) in [5.41, 5.74) is -0.318. The van der Waals surface area contributed by atoms with Gasteiger partial charge in [-0.2, -0.15) is 0 Å². The standard InChI is InChI=1S/C29H34N2O13/c1-13(25(36)30-15(26(37)38)11-20(33)34)42-27(39)16(32)12-21(35)43-18-6-7-29(40)19-10-14-4-5-17(41-3)23-22(14)28(29,24(18)44-23)8-9-31(19)2/h4-6,13,15-16,19,24,32,40H,7-12H2,1-3H3,(H,30,36)(H,33,34)(H,37,38)/t13-,15-,16-,19-,24-,28-,29+/m0/s1. The number of likely N-dealkylation sites (tertiary alicyclic amines) is 1. The zero-order valence-corrected chi connectivity index (χ0v) is 24.3. The number of hydrogen-bond donors (Lipinski definition) is 5. The number of aliphatic carboxylic acids is 2. The van der Waals surface area contributed by atoms with E-state index in [9.17, 15) is 34.2 Å². The molecule has 0 radical (unpaired) electrons. The lowest BCUT2D eigenvalue weighted by atomic mass is 9.50. The molecule has 44 heavy (non-hydrogen) atoms. The molecule has 7 atom stereocenters. The number of benzene rings is 1. The van der Waals surface area contributed by atoms with Gasteiger partial charge in [-0.25, -0.2) is 9.59 Å². The summed E-state index contributed by atoms with van der Waals surface area (Å²) < 4.78 is 22.4.